The summed E-state index contributed by atoms with van der Waals surface area (Å²) in [5.74, 6) is 0.397. The van der Waals surface area contributed by atoms with E-state index in [1.54, 1.807) is 30.0 Å². The minimum Gasteiger partial charge on any atom is -0.306 e. The number of anilines is 1. The normalized spacial score (nSPS) is 12.1. The van der Waals surface area contributed by atoms with Crippen LogP contribution in [0.2, 0.25) is 0 Å². The molecule has 120 valence electrons. The highest BCUT2D eigenvalue weighted by Crippen LogP contribution is 2.14. The zero-order valence-corrected chi connectivity index (χ0v) is 14.0. The van der Waals surface area contributed by atoms with E-state index in [1.165, 1.54) is 11.6 Å². The molecule has 0 saturated carbocycles. The van der Waals surface area contributed by atoms with Crippen molar-refractivity contribution >= 4 is 34.2 Å². The first-order valence-electron chi connectivity index (χ1n) is 6.88. The summed E-state index contributed by atoms with van der Waals surface area (Å²) in [5, 5.41) is 6.27. The van der Waals surface area contributed by atoms with E-state index in [0.717, 1.165) is 15.2 Å². The lowest BCUT2D eigenvalue weighted by Crippen LogP contribution is -2.37. The van der Waals surface area contributed by atoms with Crippen LogP contribution in [0.25, 0.3) is 11.2 Å². The fraction of sp³-hybridized carbons (Fsp3) is 0.286. The summed E-state index contributed by atoms with van der Waals surface area (Å²) in [7, 11) is 4.74. The average molecular weight is 332 g/mol. The highest BCUT2D eigenvalue weighted by atomic mass is 32.1. The maximum atomic E-state index is 12.3. The molecule has 0 fully saturated rings. The zero-order chi connectivity index (χ0) is 16.7. The van der Waals surface area contributed by atoms with Crippen molar-refractivity contribution in [1.29, 1.82) is 0 Å². The highest BCUT2D eigenvalue weighted by Gasteiger charge is 2.16. The minimum absolute atomic E-state index is 0.326. The van der Waals surface area contributed by atoms with E-state index in [9.17, 15) is 9.59 Å². The number of fused-ring (bicyclic) bond motifs is 1. The largest absolute Gasteiger partial charge is 0.332 e. The van der Waals surface area contributed by atoms with Crippen LogP contribution in [0.3, 0.4) is 0 Å². The number of nitrogens with zero attached hydrogens (tertiary/aromatic N) is 5. The molecule has 0 saturated heterocycles. The van der Waals surface area contributed by atoms with E-state index >= 15 is 0 Å². The van der Waals surface area contributed by atoms with Crippen molar-refractivity contribution in [3.8, 4) is 0 Å². The Balaban J connectivity index is 2.10. The number of rotatable bonds is 3. The molecule has 3 heterocycles. The smallest absolute Gasteiger partial charge is 0.306 e. The summed E-state index contributed by atoms with van der Waals surface area (Å²) in [6.07, 6.45) is 0. The summed E-state index contributed by atoms with van der Waals surface area (Å²) in [6.45, 7) is 1.89. The van der Waals surface area contributed by atoms with Crippen molar-refractivity contribution < 1.29 is 0 Å². The molecule has 0 spiro atoms. The van der Waals surface area contributed by atoms with Crippen LogP contribution < -0.4 is 16.7 Å². The molecular formula is C14H16N6O2S. The number of thiophene rings is 1. The molecule has 23 heavy (non-hydrogen) atoms. The average Bonchev–Trinajstić information content (AvgIpc) is 3.17. The first-order valence-corrected chi connectivity index (χ1v) is 7.76. The molecule has 3 rings (SSSR count). The summed E-state index contributed by atoms with van der Waals surface area (Å²) < 4.78 is 4.01. The van der Waals surface area contributed by atoms with Gasteiger partial charge in [-0.25, -0.2) is 10.2 Å². The van der Waals surface area contributed by atoms with Crippen molar-refractivity contribution in [2.45, 2.75) is 6.92 Å². The Labute approximate surface area is 135 Å². The Bertz CT molecular complexity index is 1020. The van der Waals surface area contributed by atoms with Gasteiger partial charge in [0, 0.05) is 26.0 Å². The second-order valence-corrected chi connectivity index (χ2v) is 6.11. The van der Waals surface area contributed by atoms with Crippen LogP contribution in [-0.2, 0) is 21.1 Å². The second kappa shape index (κ2) is 5.51. The van der Waals surface area contributed by atoms with Crippen LogP contribution in [-0.4, -0.2) is 24.4 Å². The quantitative estimate of drug-likeness (QED) is 0.569. The topological polar surface area (TPSA) is 86.2 Å². The minimum atomic E-state index is -0.412. The van der Waals surface area contributed by atoms with Crippen molar-refractivity contribution in [2.24, 2.45) is 26.2 Å². The van der Waals surface area contributed by atoms with Crippen molar-refractivity contribution in [3.05, 3.63) is 43.2 Å². The molecule has 0 bridgehead atoms. The van der Waals surface area contributed by atoms with Crippen LogP contribution in [0.1, 0.15) is 11.8 Å². The van der Waals surface area contributed by atoms with Gasteiger partial charge in [-0.2, -0.15) is 10.1 Å². The van der Waals surface area contributed by atoms with Gasteiger partial charge in [0.2, 0.25) is 5.95 Å². The standard InChI is InChI=1S/C14H16N6O2S/c1-8(9-6-5-7-23-9)16-17-13-15-11-10(18(13)2)12(21)20(4)14(22)19(11)3/h5-7H,1-4H3,(H,15,17)/b16-8-. The Hall–Kier alpha value is -2.68. The van der Waals surface area contributed by atoms with E-state index in [4.69, 9.17) is 0 Å². The monoisotopic (exact) mass is 332 g/mol. The van der Waals surface area contributed by atoms with Crippen molar-refractivity contribution in [2.75, 3.05) is 5.43 Å². The maximum absolute atomic E-state index is 12.3. The Morgan fingerprint density at radius 3 is 2.61 bits per heavy atom. The van der Waals surface area contributed by atoms with E-state index in [2.05, 4.69) is 15.5 Å². The lowest BCUT2D eigenvalue weighted by molar-refractivity contribution is 0.705. The second-order valence-electron chi connectivity index (χ2n) is 5.16. The molecule has 0 amide bonds. The molecule has 1 N–H and O–H groups in total. The van der Waals surface area contributed by atoms with E-state index in [-0.39, 0.29) is 5.56 Å². The predicted molar refractivity (Wildman–Crippen MR) is 91.3 cm³/mol. The first kappa shape index (κ1) is 15.2. The molecule has 3 aromatic heterocycles. The van der Waals surface area contributed by atoms with Crippen LogP contribution in [0.4, 0.5) is 5.95 Å². The van der Waals surface area contributed by atoms with Crippen molar-refractivity contribution in [1.82, 2.24) is 18.7 Å². The molecule has 3 aromatic rings. The van der Waals surface area contributed by atoms with Gasteiger partial charge in [0.25, 0.3) is 5.56 Å². The predicted octanol–water partition coefficient (Wildman–Crippen LogP) is 0.868. The lowest BCUT2D eigenvalue weighted by atomic mass is 10.3. The maximum Gasteiger partial charge on any atom is 0.332 e. The summed E-state index contributed by atoms with van der Waals surface area (Å²) in [5.41, 5.74) is 3.56. The molecule has 8 nitrogen and oxygen atoms in total. The number of hydrogen-bond donors (Lipinski definition) is 1. The Kier molecular flexibility index (Phi) is 3.64. The zero-order valence-electron chi connectivity index (χ0n) is 13.2. The molecule has 0 unspecified atom stereocenters. The fourth-order valence-corrected chi connectivity index (χ4v) is 2.97. The van der Waals surface area contributed by atoms with Gasteiger partial charge in [0.15, 0.2) is 11.2 Å². The van der Waals surface area contributed by atoms with Gasteiger partial charge in [-0.1, -0.05) is 6.07 Å². The van der Waals surface area contributed by atoms with E-state index < -0.39 is 5.69 Å². The molecule has 0 atom stereocenters. The number of nitrogens with one attached hydrogen (secondary N) is 1. The van der Waals surface area contributed by atoms with Crippen LogP contribution in [0, 0.1) is 0 Å². The third kappa shape index (κ3) is 2.38. The lowest BCUT2D eigenvalue weighted by Gasteiger charge is -2.03. The van der Waals surface area contributed by atoms with Gasteiger partial charge < -0.3 is 4.57 Å². The molecule has 0 radical (unpaired) electrons. The van der Waals surface area contributed by atoms with Gasteiger partial charge >= 0.3 is 5.69 Å². The summed E-state index contributed by atoms with van der Waals surface area (Å²) in [4.78, 5) is 29.6. The van der Waals surface area contributed by atoms with Gasteiger partial charge in [-0.15, -0.1) is 11.3 Å². The van der Waals surface area contributed by atoms with Gasteiger partial charge in [0.1, 0.15) is 0 Å². The molecule has 0 aliphatic rings. The third-order valence-electron chi connectivity index (χ3n) is 3.68. The summed E-state index contributed by atoms with van der Waals surface area (Å²) in [6, 6.07) is 3.92. The molecule has 0 aliphatic carbocycles. The van der Waals surface area contributed by atoms with Gasteiger partial charge in [-0.3, -0.25) is 13.9 Å². The van der Waals surface area contributed by atoms with E-state index in [1.807, 2.05) is 24.4 Å². The van der Waals surface area contributed by atoms with Gasteiger partial charge in [-0.05, 0) is 18.4 Å². The number of imidazole rings is 1. The first-order chi connectivity index (χ1) is 10.9. The van der Waals surface area contributed by atoms with Gasteiger partial charge in [0.05, 0.1) is 5.71 Å². The van der Waals surface area contributed by atoms with Crippen LogP contribution >= 0.6 is 11.3 Å². The molecule has 9 heteroatoms. The fourth-order valence-electron chi connectivity index (χ4n) is 2.29. The van der Waals surface area contributed by atoms with E-state index in [0.29, 0.717) is 17.1 Å². The van der Waals surface area contributed by atoms with Crippen molar-refractivity contribution in [3.63, 3.8) is 0 Å². The molecule has 0 aliphatic heterocycles. The van der Waals surface area contributed by atoms with Crippen LogP contribution in [0.15, 0.2) is 32.2 Å². The third-order valence-corrected chi connectivity index (χ3v) is 4.66. The number of hydrogen-bond acceptors (Lipinski definition) is 6. The molecular weight excluding hydrogens is 316 g/mol. The number of aromatic nitrogens is 4. The highest BCUT2D eigenvalue weighted by molar-refractivity contribution is 7.12. The SMILES string of the molecule is C/C(=N/Nc1nc2c(c(=O)n(C)c(=O)n2C)n1C)c1cccs1. The number of hydrazone groups is 1. The van der Waals surface area contributed by atoms with Crippen LogP contribution in [0.5, 0.6) is 0 Å². The number of aryl methyl sites for hydroxylation is 2. The molecule has 0 aromatic carbocycles. The Morgan fingerprint density at radius 2 is 1.96 bits per heavy atom. The summed E-state index contributed by atoms with van der Waals surface area (Å²) >= 11 is 1.59. The Morgan fingerprint density at radius 1 is 1.22 bits per heavy atom.